The molecular weight excluding hydrogens is 385 g/mol. The summed E-state index contributed by atoms with van der Waals surface area (Å²) in [6.45, 7) is -0.249. The Hall–Kier alpha value is -3.81. The molecule has 0 amide bonds. The van der Waals surface area contributed by atoms with Crippen LogP contribution in [0, 0.1) is 17.5 Å². The maximum Gasteiger partial charge on any atom is 0.353 e. The Kier molecular flexibility index (Phi) is 4.46. The van der Waals surface area contributed by atoms with E-state index in [1.165, 1.54) is 41.1 Å². The minimum absolute atomic E-state index is 0.0202. The van der Waals surface area contributed by atoms with E-state index < -0.39 is 29.0 Å². The van der Waals surface area contributed by atoms with Crippen molar-refractivity contribution in [3.63, 3.8) is 0 Å². The Bertz CT molecular complexity index is 1320. The second kappa shape index (κ2) is 6.97. The first-order valence-electron chi connectivity index (χ1n) is 8.54. The zero-order chi connectivity index (χ0) is 20.7. The minimum Gasteiger partial charge on any atom is -0.477 e. The van der Waals surface area contributed by atoms with E-state index in [1.807, 2.05) is 0 Å². The molecule has 2 aromatic heterocycles. The van der Waals surface area contributed by atoms with E-state index in [1.54, 1.807) is 6.07 Å². The van der Waals surface area contributed by atoms with Gasteiger partial charge in [-0.25, -0.2) is 18.0 Å². The number of hydrogen-bond donors (Lipinski definition) is 2. The van der Waals surface area contributed by atoms with Crippen LogP contribution in [0.1, 0.15) is 16.1 Å². The van der Waals surface area contributed by atoms with Gasteiger partial charge in [-0.15, -0.1) is 0 Å². The summed E-state index contributed by atoms with van der Waals surface area (Å²) in [5, 5.41) is 9.91. The van der Waals surface area contributed by atoms with Crippen LogP contribution >= 0.6 is 0 Å². The van der Waals surface area contributed by atoms with Crippen molar-refractivity contribution in [2.45, 2.75) is 6.54 Å². The molecule has 0 saturated carbocycles. The number of H-pyrrole nitrogens is 1. The summed E-state index contributed by atoms with van der Waals surface area (Å²) in [7, 11) is 0. The van der Waals surface area contributed by atoms with E-state index in [4.69, 9.17) is 0 Å². The Balaban J connectivity index is 2.12. The van der Waals surface area contributed by atoms with Gasteiger partial charge in [-0.2, -0.15) is 0 Å². The average molecular weight is 398 g/mol. The fourth-order valence-corrected chi connectivity index (χ4v) is 3.42. The number of rotatable bonds is 4. The number of carboxylic acid groups (broad SMARTS) is 1. The van der Waals surface area contributed by atoms with Crippen molar-refractivity contribution in [2.24, 2.45) is 0 Å². The third-order valence-electron chi connectivity index (χ3n) is 4.68. The summed E-state index contributed by atoms with van der Waals surface area (Å²) in [4.78, 5) is 26.9. The van der Waals surface area contributed by atoms with E-state index >= 15 is 0 Å². The molecule has 0 radical (unpaired) electrons. The van der Waals surface area contributed by atoms with Crippen LogP contribution in [0.4, 0.5) is 13.2 Å². The second-order valence-electron chi connectivity index (χ2n) is 6.40. The molecule has 0 fully saturated rings. The van der Waals surface area contributed by atoms with E-state index in [2.05, 4.69) is 4.98 Å². The molecule has 0 atom stereocenters. The molecule has 0 saturated heterocycles. The Morgan fingerprint density at radius 2 is 1.72 bits per heavy atom. The first-order valence-corrected chi connectivity index (χ1v) is 8.54. The molecule has 0 aliphatic heterocycles. The summed E-state index contributed by atoms with van der Waals surface area (Å²) in [5.41, 5.74) is -0.861. The number of pyridine rings is 1. The third kappa shape index (κ3) is 3.08. The van der Waals surface area contributed by atoms with Gasteiger partial charge >= 0.3 is 5.97 Å². The minimum atomic E-state index is -1.42. The number of hydrogen-bond acceptors (Lipinski definition) is 2. The van der Waals surface area contributed by atoms with Gasteiger partial charge in [0.1, 0.15) is 11.5 Å². The molecule has 146 valence electrons. The van der Waals surface area contributed by atoms with Crippen LogP contribution < -0.4 is 5.56 Å². The van der Waals surface area contributed by atoms with Crippen molar-refractivity contribution in [2.75, 3.05) is 0 Å². The zero-order valence-electron chi connectivity index (χ0n) is 14.7. The molecule has 8 heteroatoms. The SMILES string of the molecule is O=C(O)c1c(-c2ccc[nH]c2=O)c2cc(F)c(F)cc2n1Cc1ccccc1F. The summed E-state index contributed by atoms with van der Waals surface area (Å²) in [6.07, 6.45) is 1.37. The highest BCUT2D eigenvalue weighted by Gasteiger charge is 2.27. The molecule has 0 unspecified atom stereocenters. The van der Waals surface area contributed by atoms with Crippen LogP contribution in [0.15, 0.2) is 59.5 Å². The third-order valence-corrected chi connectivity index (χ3v) is 4.68. The highest BCUT2D eigenvalue weighted by Crippen LogP contribution is 2.35. The van der Waals surface area contributed by atoms with Crippen molar-refractivity contribution >= 4 is 16.9 Å². The summed E-state index contributed by atoms with van der Waals surface area (Å²) >= 11 is 0. The van der Waals surface area contributed by atoms with Gasteiger partial charge in [-0.05, 0) is 24.3 Å². The number of nitrogens with zero attached hydrogens (tertiary/aromatic N) is 1. The molecule has 4 rings (SSSR count). The smallest absolute Gasteiger partial charge is 0.353 e. The predicted octanol–water partition coefficient (Wildman–Crippen LogP) is 4.16. The summed E-state index contributed by atoms with van der Waals surface area (Å²) < 4.78 is 43.4. The number of nitrogens with one attached hydrogen (secondary N) is 1. The Labute approximate surface area is 161 Å². The number of carboxylic acids is 1. The first kappa shape index (κ1) is 18.5. The number of benzene rings is 2. The van der Waals surface area contributed by atoms with Crippen molar-refractivity contribution < 1.29 is 23.1 Å². The Morgan fingerprint density at radius 1 is 1.00 bits per heavy atom. The lowest BCUT2D eigenvalue weighted by Crippen LogP contribution is -2.14. The topological polar surface area (TPSA) is 75.1 Å². The standard InChI is InChI=1S/C21H13F3N2O3/c22-14-6-2-1-4-11(14)10-26-17-9-16(24)15(23)8-13(17)18(19(26)21(28)29)12-5-3-7-25-20(12)27/h1-9H,10H2,(H,25,27)(H,28,29). The lowest BCUT2D eigenvalue weighted by atomic mass is 10.0. The van der Waals surface area contributed by atoms with Crippen LogP contribution in [-0.4, -0.2) is 20.6 Å². The lowest BCUT2D eigenvalue weighted by Gasteiger charge is -2.10. The molecule has 0 bridgehead atoms. The van der Waals surface area contributed by atoms with Gasteiger partial charge < -0.3 is 14.7 Å². The lowest BCUT2D eigenvalue weighted by molar-refractivity contribution is 0.0687. The van der Waals surface area contributed by atoms with Crippen LogP contribution in [0.2, 0.25) is 0 Å². The molecule has 29 heavy (non-hydrogen) atoms. The first-order chi connectivity index (χ1) is 13.9. The van der Waals surface area contributed by atoms with Gasteiger partial charge in [0.05, 0.1) is 12.1 Å². The maximum atomic E-state index is 14.2. The van der Waals surface area contributed by atoms with Crippen molar-refractivity contribution in [1.29, 1.82) is 0 Å². The van der Waals surface area contributed by atoms with Crippen LogP contribution in [0.5, 0.6) is 0 Å². The van der Waals surface area contributed by atoms with Gasteiger partial charge in [-0.1, -0.05) is 18.2 Å². The molecule has 5 nitrogen and oxygen atoms in total. The predicted molar refractivity (Wildman–Crippen MR) is 100 cm³/mol. The van der Waals surface area contributed by atoms with E-state index in [0.717, 1.165) is 12.1 Å². The molecule has 0 aliphatic rings. The zero-order valence-corrected chi connectivity index (χ0v) is 14.7. The van der Waals surface area contributed by atoms with Gasteiger partial charge in [0.2, 0.25) is 0 Å². The van der Waals surface area contributed by atoms with Gasteiger partial charge in [0, 0.05) is 34.3 Å². The maximum absolute atomic E-state index is 14.2. The van der Waals surface area contributed by atoms with Gasteiger partial charge in [0.25, 0.3) is 5.56 Å². The van der Waals surface area contributed by atoms with E-state index in [-0.39, 0.29) is 39.8 Å². The molecular formula is C21H13F3N2O3. The number of fused-ring (bicyclic) bond motifs is 1. The largest absolute Gasteiger partial charge is 0.477 e. The number of carbonyl (C=O) groups is 1. The number of halogens is 3. The second-order valence-corrected chi connectivity index (χ2v) is 6.40. The highest BCUT2D eigenvalue weighted by molar-refractivity contribution is 6.08. The van der Waals surface area contributed by atoms with Crippen LogP contribution in [0.3, 0.4) is 0 Å². The summed E-state index contributed by atoms with van der Waals surface area (Å²) in [5.74, 6) is -4.37. The normalized spacial score (nSPS) is 11.1. The number of aromatic amines is 1. The fraction of sp³-hybridized carbons (Fsp3) is 0.0476. The van der Waals surface area contributed by atoms with Crippen LogP contribution in [-0.2, 0) is 6.54 Å². The Morgan fingerprint density at radius 3 is 2.41 bits per heavy atom. The number of aromatic carboxylic acids is 1. The van der Waals surface area contributed by atoms with Gasteiger partial charge in [0.15, 0.2) is 11.6 Å². The molecule has 2 aromatic carbocycles. The number of aromatic nitrogens is 2. The van der Waals surface area contributed by atoms with E-state index in [9.17, 15) is 27.9 Å². The van der Waals surface area contributed by atoms with Crippen molar-refractivity contribution in [1.82, 2.24) is 9.55 Å². The fourth-order valence-electron chi connectivity index (χ4n) is 3.42. The van der Waals surface area contributed by atoms with Gasteiger partial charge in [-0.3, -0.25) is 4.79 Å². The molecule has 2 heterocycles. The molecule has 4 aromatic rings. The van der Waals surface area contributed by atoms with Crippen molar-refractivity contribution in [3.8, 4) is 11.1 Å². The molecule has 2 N–H and O–H groups in total. The summed E-state index contributed by atoms with van der Waals surface area (Å²) in [6, 6.07) is 10.3. The highest BCUT2D eigenvalue weighted by atomic mass is 19.2. The van der Waals surface area contributed by atoms with Crippen LogP contribution in [0.25, 0.3) is 22.0 Å². The van der Waals surface area contributed by atoms with E-state index in [0.29, 0.717) is 0 Å². The molecule has 0 spiro atoms. The quantitative estimate of drug-likeness (QED) is 0.542. The van der Waals surface area contributed by atoms with Crippen molar-refractivity contribution in [3.05, 3.63) is 93.8 Å². The molecule has 0 aliphatic carbocycles. The monoisotopic (exact) mass is 398 g/mol. The average Bonchev–Trinajstić information content (AvgIpc) is 2.98.